The zero-order valence-corrected chi connectivity index (χ0v) is 11.8. The van der Waals surface area contributed by atoms with Crippen LogP contribution in [-0.4, -0.2) is 40.2 Å². The molecule has 5 nitrogen and oxygen atoms in total. The molecule has 1 heterocycles. The van der Waals surface area contributed by atoms with Gasteiger partial charge in [0.1, 0.15) is 5.69 Å². The molecule has 5 heteroatoms. The first kappa shape index (κ1) is 14.7. The van der Waals surface area contributed by atoms with E-state index in [9.17, 15) is 4.79 Å². The van der Waals surface area contributed by atoms with Crippen molar-refractivity contribution < 1.29 is 4.79 Å². The van der Waals surface area contributed by atoms with Gasteiger partial charge >= 0.3 is 0 Å². The number of hydrogen-bond acceptors (Lipinski definition) is 3. The molecule has 1 rings (SSSR count). The summed E-state index contributed by atoms with van der Waals surface area (Å²) in [5, 5.41) is 4.31. The number of nitrogens with zero attached hydrogens (tertiary/aromatic N) is 3. The minimum atomic E-state index is 0.0347. The summed E-state index contributed by atoms with van der Waals surface area (Å²) in [4.78, 5) is 14.2. The second-order valence-corrected chi connectivity index (χ2v) is 4.68. The molecule has 0 aliphatic carbocycles. The van der Waals surface area contributed by atoms with E-state index in [0.717, 1.165) is 12.1 Å². The van der Waals surface area contributed by atoms with Crippen LogP contribution in [-0.2, 0) is 13.5 Å². The Kier molecular flexibility index (Phi) is 5.34. The number of carbonyl (C=O) groups is 1. The number of carbonyl (C=O) groups excluding carboxylic acids is 1. The van der Waals surface area contributed by atoms with Crippen molar-refractivity contribution in [3.63, 3.8) is 0 Å². The third-order valence-corrected chi connectivity index (χ3v) is 3.12. The van der Waals surface area contributed by atoms with Gasteiger partial charge in [-0.3, -0.25) is 9.48 Å². The molecule has 1 atom stereocenters. The number of rotatable bonds is 6. The van der Waals surface area contributed by atoms with Crippen molar-refractivity contribution in [3.8, 4) is 0 Å². The second kappa shape index (κ2) is 6.54. The number of nitrogens with two attached hydrogens (primary N) is 1. The number of aryl methyl sites for hydroxylation is 2. The molecule has 2 N–H and O–H groups in total. The highest BCUT2D eigenvalue weighted by atomic mass is 16.2. The van der Waals surface area contributed by atoms with Gasteiger partial charge in [-0.1, -0.05) is 13.8 Å². The van der Waals surface area contributed by atoms with Crippen molar-refractivity contribution in [1.29, 1.82) is 0 Å². The fourth-order valence-electron chi connectivity index (χ4n) is 1.87. The summed E-state index contributed by atoms with van der Waals surface area (Å²) in [7, 11) is 1.81. The Balaban J connectivity index is 2.85. The minimum absolute atomic E-state index is 0.0347. The molecule has 102 valence electrons. The van der Waals surface area contributed by atoms with Crippen molar-refractivity contribution in [2.24, 2.45) is 18.7 Å². The van der Waals surface area contributed by atoms with Gasteiger partial charge in [-0.05, 0) is 31.9 Å². The minimum Gasteiger partial charge on any atom is -0.337 e. The third kappa shape index (κ3) is 3.32. The number of amides is 1. The lowest BCUT2D eigenvalue weighted by molar-refractivity contribution is 0.0732. The van der Waals surface area contributed by atoms with Crippen LogP contribution >= 0.6 is 0 Å². The maximum Gasteiger partial charge on any atom is 0.272 e. The van der Waals surface area contributed by atoms with Gasteiger partial charge in [0, 0.05) is 20.1 Å². The monoisotopic (exact) mass is 252 g/mol. The van der Waals surface area contributed by atoms with Crippen LogP contribution in [0.5, 0.6) is 0 Å². The highest BCUT2D eigenvalue weighted by Crippen LogP contribution is 2.09. The van der Waals surface area contributed by atoms with Crippen LogP contribution in [0.2, 0.25) is 0 Å². The largest absolute Gasteiger partial charge is 0.337 e. The van der Waals surface area contributed by atoms with Gasteiger partial charge in [-0.25, -0.2) is 0 Å². The van der Waals surface area contributed by atoms with E-state index in [1.165, 1.54) is 0 Å². The smallest absolute Gasteiger partial charge is 0.272 e. The van der Waals surface area contributed by atoms with E-state index >= 15 is 0 Å². The van der Waals surface area contributed by atoms with E-state index in [-0.39, 0.29) is 5.91 Å². The van der Waals surface area contributed by atoms with Crippen LogP contribution in [0.1, 0.15) is 37.0 Å². The van der Waals surface area contributed by atoms with E-state index < -0.39 is 0 Å². The topological polar surface area (TPSA) is 64.2 Å². The molecule has 0 aliphatic rings. The molecule has 1 aromatic heterocycles. The molecular formula is C13H24N4O. The highest BCUT2D eigenvalue weighted by Gasteiger charge is 2.20. The molecule has 1 aromatic rings. The molecule has 0 spiro atoms. The number of hydrogen-bond donors (Lipinski definition) is 1. The molecule has 0 saturated heterocycles. The van der Waals surface area contributed by atoms with Crippen LogP contribution in [0.25, 0.3) is 0 Å². The average molecular weight is 252 g/mol. The van der Waals surface area contributed by atoms with Gasteiger partial charge in [0.15, 0.2) is 0 Å². The molecule has 0 aromatic carbocycles. The number of aromatic nitrogens is 2. The molecule has 0 radical (unpaired) electrons. The summed E-state index contributed by atoms with van der Waals surface area (Å²) >= 11 is 0. The second-order valence-electron chi connectivity index (χ2n) is 4.68. The predicted molar refractivity (Wildman–Crippen MR) is 72.4 cm³/mol. The normalized spacial score (nSPS) is 12.5. The molecular weight excluding hydrogens is 228 g/mol. The lowest BCUT2D eigenvalue weighted by Gasteiger charge is -2.23. The summed E-state index contributed by atoms with van der Waals surface area (Å²) in [5.41, 5.74) is 7.21. The molecule has 1 unspecified atom stereocenters. The van der Waals surface area contributed by atoms with E-state index in [0.29, 0.717) is 31.2 Å². The lowest BCUT2D eigenvalue weighted by atomic mass is 10.1. The Morgan fingerprint density at radius 3 is 2.67 bits per heavy atom. The van der Waals surface area contributed by atoms with Crippen LogP contribution < -0.4 is 5.73 Å². The van der Waals surface area contributed by atoms with Gasteiger partial charge < -0.3 is 10.6 Å². The van der Waals surface area contributed by atoms with Gasteiger partial charge in [-0.15, -0.1) is 0 Å². The molecule has 0 bridgehead atoms. The molecule has 1 amide bonds. The van der Waals surface area contributed by atoms with Crippen LogP contribution in [0.4, 0.5) is 0 Å². The Morgan fingerprint density at radius 2 is 2.22 bits per heavy atom. The van der Waals surface area contributed by atoms with E-state index in [1.807, 2.05) is 31.9 Å². The quantitative estimate of drug-likeness (QED) is 0.822. The van der Waals surface area contributed by atoms with Crippen LogP contribution in [0.3, 0.4) is 0 Å². The Morgan fingerprint density at radius 1 is 1.56 bits per heavy atom. The standard InChI is InChI=1S/C13H24N4O/c1-5-11-7-12(16(4)15-11)13(18)17(6-2)9-10(3)8-14/h7,10H,5-6,8-9,14H2,1-4H3. The first-order valence-corrected chi connectivity index (χ1v) is 6.55. The molecule has 0 fully saturated rings. The van der Waals surface area contributed by atoms with Gasteiger partial charge in [0.25, 0.3) is 5.91 Å². The van der Waals surface area contributed by atoms with Crippen LogP contribution in [0.15, 0.2) is 6.07 Å². The molecule has 0 saturated carbocycles. The fourth-order valence-corrected chi connectivity index (χ4v) is 1.87. The van der Waals surface area contributed by atoms with E-state index in [2.05, 4.69) is 12.0 Å². The molecule has 0 aliphatic heterocycles. The zero-order chi connectivity index (χ0) is 13.7. The van der Waals surface area contributed by atoms with Crippen molar-refractivity contribution in [1.82, 2.24) is 14.7 Å². The summed E-state index contributed by atoms with van der Waals surface area (Å²) < 4.78 is 1.66. The SMILES string of the molecule is CCc1cc(C(=O)N(CC)CC(C)CN)n(C)n1. The van der Waals surface area contributed by atoms with Gasteiger partial charge in [0.05, 0.1) is 5.69 Å². The van der Waals surface area contributed by atoms with Crippen molar-refractivity contribution in [2.75, 3.05) is 19.6 Å². The maximum atomic E-state index is 12.4. The van der Waals surface area contributed by atoms with Crippen molar-refractivity contribution in [3.05, 3.63) is 17.5 Å². The van der Waals surface area contributed by atoms with Crippen LogP contribution in [0, 0.1) is 5.92 Å². The fraction of sp³-hybridized carbons (Fsp3) is 0.692. The predicted octanol–water partition coefficient (Wildman–Crippen LogP) is 1.04. The first-order chi connectivity index (χ1) is 8.53. The summed E-state index contributed by atoms with van der Waals surface area (Å²) in [6, 6.07) is 1.87. The lowest BCUT2D eigenvalue weighted by Crippen LogP contribution is -2.37. The first-order valence-electron chi connectivity index (χ1n) is 6.55. The van der Waals surface area contributed by atoms with Crippen molar-refractivity contribution in [2.45, 2.75) is 27.2 Å². The Hall–Kier alpha value is -1.36. The third-order valence-electron chi connectivity index (χ3n) is 3.12. The summed E-state index contributed by atoms with van der Waals surface area (Å²) in [6.45, 7) is 8.04. The Bertz CT molecular complexity index is 400. The van der Waals surface area contributed by atoms with Gasteiger partial charge in [0.2, 0.25) is 0 Å². The van der Waals surface area contributed by atoms with E-state index in [4.69, 9.17) is 5.73 Å². The zero-order valence-electron chi connectivity index (χ0n) is 11.8. The Labute approximate surface area is 109 Å². The van der Waals surface area contributed by atoms with E-state index in [1.54, 1.807) is 4.68 Å². The molecule has 18 heavy (non-hydrogen) atoms. The summed E-state index contributed by atoms with van der Waals surface area (Å²) in [6.07, 6.45) is 0.840. The average Bonchev–Trinajstić information content (AvgIpc) is 2.76. The van der Waals surface area contributed by atoms with Gasteiger partial charge in [-0.2, -0.15) is 5.10 Å². The van der Waals surface area contributed by atoms with Crippen molar-refractivity contribution >= 4 is 5.91 Å². The maximum absolute atomic E-state index is 12.4. The highest BCUT2D eigenvalue weighted by molar-refractivity contribution is 5.92. The summed E-state index contributed by atoms with van der Waals surface area (Å²) in [5.74, 6) is 0.347.